The summed E-state index contributed by atoms with van der Waals surface area (Å²) in [6, 6.07) is 5.55. The van der Waals surface area contributed by atoms with Gasteiger partial charge in [0.1, 0.15) is 5.82 Å². The Hall–Kier alpha value is -1.14. The minimum absolute atomic E-state index is 0.0676. The number of hydrogen-bond acceptors (Lipinski definition) is 2. The zero-order valence-electron chi connectivity index (χ0n) is 11.0. The van der Waals surface area contributed by atoms with E-state index in [1.54, 1.807) is 17.0 Å². The molecule has 0 aliphatic carbocycles. The summed E-state index contributed by atoms with van der Waals surface area (Å²) < 4.78 is 51.7. The fourth-order valence-electron chi connectivity index (χ4n) is 2.77. The number of hydrogen-bond donors (Lipinski definition) is 1. The zero-order chi connectivity index (χ0) is 14.8. The van der Waals surface area contributed by atoms with Crippen LogP contribution in [0, 0.1) is 11.7 Å². The van der Waals surface area contributed by atoms with Crippen LogP contribution >= 0.6 is 0 Å². The Bertz CT molecular complexity index is 447. The predicted molar refractivity (Wildman–Crippen MR) is 68.5 cm³/mol. The Morgan fingerprint density at radius 2 is 2.10 bits per heavy atom. The van der Waals surface area contributed by atoms with Gasteiger partial charge in [0.05, 0.1) is 5.92 Å². The lowest BCUT2D eigenvalue weighted by Gasteiger charge is -2.38. The molecule has 2 N–H and O–H groups in total. The van der Waals surface area contributed by atoms with Crippen molar-refractivity contribution >= 4 is 0 Å². The van der Waals surface area contributed by atoms with Crippen molar-refractivity contribution in [1.29, 1.82) is 0 Å². The quantitative estimate of drug-likeness (QED) is 0.867. The minimum atomic E-state index is -4.18. The lowest BCUT2D eigenvalue weighted by atomic mass is 9.94. The fraction of sp³-hybridized carbons (Fsp3) is 0.571. The van der Waals surface area contributed by atoms with Gasteiger partial charge in [0, 0.05) is 19.1 Å². The zero-order valence-corrected chi connectivity index (χ0v) is 11.0. The SMILES string of the molecule is NCC(c1cccc(F)c1)N1CCCC(C(F)(F)F)C1. The highest BCUT2D eigenvalue weighted by atomic mass is 19.4. The average Bonchev–Trinajstić information content (AvgIpc) is 2.39. The third kappa shape index (κ3) is 3.49. The summed E-state index contributed by atoms with van der Waals surface area (Å²) >= 11 is 0. The van der Waals surface area contributed by atoms with Crippen molar-refractivity contribution < 1.29 is 17.6 Å². The molecule has 20 heavy (non-hydrogen) atoms. The van der Waals surface area contributed by atoms with Gasteiger partial charge < -0.3 is 5.73 Å². The van der Waals surface area contributed by atoms with Crippen LogP contribution in [0.3, 0.4) is 0 Å². The molecule has 1 aromatic rings. The first kappa shape index (κ1) is 15.3. The monoisotopic (exact) mass is 290 g/mol. The summed E-state index contributed by atoms with van der Waals surface area (Å²) in [6.07, 6.45) is -3.55. The first-order valence-corrected chi connectivity index (χ1v) is 6.68. The number of nitrogens with zero attached hydrogens (tertiary/aromatic N) is 1. The van der Waals surface area contributed by atoms with Crippen LogP contribution in [0.1, 0.15) is 24.4 Å². The lowest BCUT2D eigenvalue weighted by molar-refractivity contribution is -0.188. The minimum Gasteiger partial charge on any atom is -0.329 e. The van der Waals surface area contributed by atoms with Crippen LogP contribution in [0.25, 0.3) is 0 Å². The molecule has 0 aromatic heterocycles. The van der Waals surface area contributed by atoms with Gasteiger partial charge in [-0.2, -0.15) is 13.2 Å². The molecule has 6 heteroatoms. The highest BCUT2D eigenvalue weighted by Crippen LogP contribution is 2.35. The van der Waals surface area contributed by atoms with E-state index in [0.717, 1.165) is 0 Å². The molecule has 1 fully saturated rings. The number of rotatable bonds is 3. The van der Waals surface area contributed by atoms with Crippen LogP contribution in [0.4, 0.5) is 17.6 Å². The van der Waals surface area contributed by atoms with Crippen LogP contribution in [0.15, 0.2) is 24.3 Å². The molecule has 0 saturated carbocycles. The van der Waals surface area contributed by atoms with E-state index < -0.39 is 17.9 Å². The van der Waals surface area contributed by atoms with Gasteiger partial charge >= 0.3 is 6.18 Å². The van der Waals surface area contributed by atoms with Crippen molar-refractivity contribution in [2.45, 2.75) is 25.1 Å². The van der Waals surface area contributed by atoms with Crippen LogP contribution in [-0.4, -0.2) is 30.7 Å². The second-order valence-electron chi connectivity index (χ2n) is 5.18. The summed E-state index contributed by atoms with van der Waals surface area (Å²) in [5.41, 5.74) is 6.33. The highest BCUT2D eigenvalue weighted by Gasteiger charge is 2.42. The van der Waals surface area contributed by atoms with E-state index >= 15 is 0 Å². The molecular weight excluding hydrogens is 272 g/mol. The van der Waals surface area contributed by atoms with Crippen LogP contribution in [0.5, 0.6) is 0 Å². The standard InChI is InChI=1S/C14H18F4N2/c15-12-5-1-3-10(7-12)13(8-19)20-6-2-4-11(9-20)14(16,17)18/h1,3,5,7,11,13H,2,4,6,8-9,19H2. The molecule has 1 aliphatic rings. The van der Waals surface area contributed by atoms with Crippen LogP contribution < -0.4 is 5.73 Å². The Labute approximate surface area is 115 Å². The van der Waals surface area contributed by atoms with Crippen LogP contribution in [-0.2, 0) is 0 Å². The molecule has 2 unspecified atom stereocenters. The van der Waals surface area contributed by atoms with Crippen molar-refractivity contribution in [1.82, 2.24) is 4.90 Å². The number of likely N-dealkylation sites (tertiary alicyclic amines) is 1. The van der Waals surface area contributed by atoms with Gasteiger partial charge in [0.25, 0.3) is 0 Å². The number of piperidine rings is 1. The molecule has 0 spiro atoms. The summed E-state index contributed by atoms with van der Waals surface area (Å²) in [4.78, 5) is 1.72. The Kier molecular flexibility index (Phi) is 4.65. The maximum Gasteiger partial charge on any atom is 0.393 e. The summed E-state index contributed by atoms with van der Waals surface area (Å²) in [6.45, 7) is 0.668. The van der Waals surface area contributed by atoms with Crippen LogP contribution in [0.2, 0.25) is 0 Å². The molecule has 1 aromatic carbocycles. The third-order valence-corrected chi connectivity index (χ3v) is 3.81. The third-order valence-electron chi connectivity index (χ3n) is 3.81. The molecule has 2 rings (SSSR count). The summed E-state index contributed by atoms with van der Waals surface area (Å²) in [7, 11) is 0. The number of alkyl halides is 3. The van der Waals surface area contributed by atoms with Crippen molar-refractivity contribution in [3.05, 3.63) is 35.6 Å². The first-order valence-electron chi connectivity index (χ1n) is 6.68. The normalized spacial score (nSPS) is 22.8. The molecule has 1 heterocycles. The van der Waals surface area contributed by atoms with Crippen molar-refractivity contribution in [2.24, 2.45) is 11.7 Å². The Morgan fingerprint density at radius 3 is 2.70 bits per heavy atom. The molecule has 2 atom stereocenters. The van der Waals surface area contributed by atoms with E-state index in [9.17, 15) is 17.6 Å². The predicted octanol–water partition coefficient (Wildman–Crippen LogP) is 3.10. The van der Waals surface area contributed by atoms with Crippen molar-refractivity contribution in [3.8, 4) is 0 Å². The average molecular weight is 290 g/mol. The van der Waals surface area contributed by atoms with Gasteiger partial charge in [0.15, 0.2) is 0 Å². The Balaban J connectivity index is 2.15. The van der Waals surface area contributed by atoms with Gasteiger partial charge in [-0.05, 0) is 37.1 Å². The molecule has 0 bridgehead atoms. The summed E-state index contributed by atoms with van der Waals surface area (Å²) in [5.74, 6) is -1.72. The van der Waals surface area contributed by atoms with E-state index in [0.29, 0.717) is 18.5 Å². The molecule has 1 saturated heterocycles. The molecule has 2 nitrogen and oxygen atoms in total. The van der Waals surface area contributed by atoms with E-state index in [1.165, 1.54) is 12.1 Å². The van der Waals surface area contributed by atoms with Gasteiger partial charge in [-0.25, -0.2) is 4.39 Å². The molecule has 112 valence electrons. The largest absolute Gasteiger partial charge is 0.393 e. The van der Waals surface area contributed by atoms with Crippen molar-refractivity contribution in [2.75, 3.05) is 19.6 Å². The fourth-order valence-corrected chi connectivity index (χ4v) is 2.77. The van der Waals surface area contributed by atoms with E-state index in [4.69, 9.17) is 5.73 Å². The molecule has 1 aliphatic heterocycles. The first-order chi connectivity index (χ1) is 9.41. The second-order valence-corrected chi connectivity index (χ2v) is 5.18. The maximum absolute atomic E-state index is 13.3. The van der Waals surface area contributed by atoms with Gasteiger partial charge in [-0.15, -0.1) is 0 Å². The number of benzene rings is 1. The molecule has 0 radical (unpaired) electrons. The maximum atomic E-state index is 13.3. The smallest absolute Gasteiger partial charge is 0.329 e. The van der Waals surface area contributed by atoms with Gasteiger partial charge in [-0.1, -0.05) is 12.1 Å². The summed E-state index contributed by atoms with van der Waals surface area (Å²) in [5, 5.41) is 0. The van der Waals surface area contributed by atoms with E-state index in [2.05, 4.69) is 0 Å². The second kappa shape index (κ2) is 6.10. The van der Waals surface area contributed by atoms with E-state index in [-0.39, 0.29) is 25.6 Å². The molecule has 0 amide bonds. The molecular formula is C14H18F4N2. The van der Waals surface area contributed by atoms with Crippen molar-refractivity contribution in [3.63, 3.8) is 0 Å². The number of nitrogens with two attached hydrogens (primary N) is 1. The van der Waals surface area contributed by atoms with E-state index in [1.807, 2.05) is 0 Å². The topological polar surface area (TPSA) is 29.3 Å². The highest BCUT2D eigenvalue weighted by molar-refractivity contribution is 5.21. The van der Waals surface area contributed by atoms with Gasteiger partial charge in [-0.3, -0.25) is 4.90 Å². The van der Waals surface area contributed by atoms with Gasteiger partial charge in [0.2, 0.25) is 0 Å². The Morgan fingerprint density at radius 1 is 1.35 bits per heavy atom. The lowest BCUT2D eigenvalue weighted by Crippen LogP contribution is -2.45. The number of halogens is 4.